The predicted octanol–water partition coefficient (Wildman–Crippen LogP) is 4.06. The third-order valence-corrected chi connectivity index (χ3v) is 4.06. The molecular formula is C19H21N. The first kappa shape index (κ1) is 13.1. The average Bonchev–Trinajstić information content (AvgIpc) is 2.48. The maximum atomic E-state index is 5.70. The lowest BCUT2D eigenvalue weighted by molar-refractivity contribution is 0.861. The molecule has 102 valence electrons. The van der Waals surface area contributed by atoms with Crippen LogP contribution in [-0.4, -0.2) is 6.54 Å². The maximum absolute atomic E-state index is 5.70. The Morgan fingerprint density at radius 3 is 2.40 bits per heavy atom. The highest BCUT2D eigenvalue weighted by Gasteiger charge is 2.12. The van der Waals surface area contributed by atoms with E-state index in [0.717, 1.165) is 32.2 Å². The summed E-state index contributed by atoms with van der Waals surface area (Å²) in [6.07, 6.45) is 6.70. The smallest absolute Gasteiger partial charge is 0.00741 e. The summed E-state index contributed by atoms with van der Waals surface area (Å²) < 4.78 is 0. The number of aryl methyl sites for hydroxylation is 2. The standard InChI is InChI=1S/C19H21N/c20-13-5-9-18-14-17-8-2-1-6-15(17)11-12-16-7-3-4-10-19(16)18/h1-4,6-8,10,14H,5,9,11-13,20H2. The lowest BCUT2D eigenvalue weighted by atomic mass is 9.87. The quantitative estimate of drug-likeness (QED) is 0.887. The van der Waals surface area contributed by atoms with Crippen LogP contribution in [0, 0.1) is 0 Å². The number of benzene rings is 2. The average molecular weight is 263 g/mol. The second kappa shape index (κ2) is 6.06. The molecule has 3 rings (SSSR count). The molecule has 0 fully saturated rings. The third kappa shape index (κ3) is 2.68. The number of hydrogen-bond donors (Lipinski definition) is 1. The number of nitrogens with two attached hydrogens (primary N) is 1. The Morgan fingerprint density at radius 1 is 0.850 bits per heavy atom. The molecule has 0 bridgehead atoms. The summed E-state index contributed by atoms with van der Waals surface area (Å²) in [6, 6.07) is 17.6. The zero-order chi connectivity index (χ0) is 13.8. The van der Waals surface area contributed by atoms with Crippen LogP contribution < -0.4 is 5.73 Å². The van der Waals surface area contributed by atoms with E-state index in [1.54, 1.807) is 0 Å². The minimum Gasteiger partial charge on any atom is -0.330 e. The molecule has 0 saturated carbocycles. The molecule has 1 heteroatoms. The highest BCUT2D eigenvalue weighted by atomic mass is 14.5. The highest BCUT2D eigenvalue weighted by molar-refractivity contribution is 5.84. The van der Waals surface area contributed by atoms with E-state index in [1.807, 2.05) is 0 Å². The normalized spacial score (nSPS) is 13.8. The van der Waals surface area contributed by atoms with Crippen LogP contribution in [-0.2, 0) is 12.8 Å². The van der Waals surface area contributed by atoms with Gasteiger partial charge in [-0.25, -0.2) is 0 Å². The number of rotatable bonds is 3. The highest BCUT2D eigenvalue weighted by Crippen LogP contribution is 2.30. The van der Waals surface area contributed by atoms with E-state index in [-0.39, 0.29) is 0 Å². The molecule has 0 spiro atoms. The van der Waals surface area contributed by atoms with Crippen LogP contribution in [0.3, 0.4) is 0 Å². The van der Waals surface area contributed by atoms with Crippen LogP contribution in [0.4, 0.5) is 0 Å². The van der Waals surface area contributed by atoms with E-state index in [4.69, 9.17) is 5.73 Å². The van der Waals surface area contributed by atoms with E-state index in [2.05, 4.69) is 54.6 Å². The van der Waals surface area contributed by atoms with Crippen LogP contribution in [0.25, 0.3) is 11.6 Å². The maximum Gasteiger partial charge on any atom is -0.00741 e. The van der Waals surface area contributed by atoms with Gasteiger partial charge in [-0.3, -0.25) is 0 Å². The molecule has 2 N–H and O–H groups in total. The molecule has 0 saturated heterocycles. The summed E-state index contributed by atoms with van der Waals surface area (Å²) in [4.78, 5) is 0. The van der Waals surface area contributed by atoms with Gasteiger partial charge in [0.25, 0.3) is 0 Å². The number of allylic oxidation sites excluding steroid dienone is 1. The molecule has 0 amide bonds. The van der Waals surface area contributed by atoms with Crippen molar-refractivity contribution in [2.24, 2.45) is 5.73 Å². The van der Waals surface area contributed by atoms with Crippen molar-refractivity contribution < 1.29 is 0 Å². The molecule has 2 aromatic rings. The van der Waals surface area contributed by atoms with E-state index in [1.165, 1.54) is 27.8 Å². The van der Waals surface area contributed by atoms with Crippen LogP contribution in [0.15, 0.2) is 48.5 Å². The van der Waals surface area contributed by atoms with Gasteiger partial charge in [0.15, 0.2) is 0 Å². The molecule has 0 heterocycles. The number of fused-ring (bicyclic) bond motifs is 2. The zero-order valence-corrected chi connectivity index (χ0v) is 11.8. The summed E-state index contributed by atoms with van der Waals surface area (Å²) in [5.41, 5.74) is 12.8. The second-order valence-electron chi connectivity index (χ2n) is 5.42. The fraction of sp³-hybridized carbons (Fsp3) is 0.263. The van der Waals surface area contributed by atoms with Gasteiger partial charge >= 0.3 is 0 Å². The summed E-state index contributed by atoms with van der Waals surface area (Å²) in [6.45, 7) is 0.751. The minimum atomic E-state index is 0.751. The van der Waals surface area contributed by atoms with Crippen LogP contribution in [0.2, 0.25) is 0 Å². The summed E-state index contributed by atoms with van der Waals surface area (Å²) in [5.74, 6) is 0. The summed E-state index contributed by atoms with van der Waals surface area (Å²) >= 11 is 0. The van der Waals surface area contributed by atoms with Crippen molar-refractivity contribution in [3.8, 4) is 0 Å². The van der Waals surface area contributed by atoms with E-state index in [9.17, 15) is 0 Å². The van der Waals surface area contributed by atoms with Gasteiger partial charge in [0, 0.05) is 0 Å². The fourth-order valence-corrected chi connectivity index (χ4v) is 2.99. The first-order valence-electron chi connectivity index (χ1n) is 7.45. The Hall–Kier alpha value is -1.86. The van der Waals surface area contributed by atoms with Gasteiger partial charge in [0.1, 0.15) is 0 Å². The second-order valence-corrected chi connectivity index (χ2v) is 5.42. The van der Waals surface area contributed by atoms with Crippen molar-refractivity contribution in [2.75, 3.05) is 6.54 Å². The van der Waals surface area contributed by atoms with Crippen molar-refractivity contribution in [1.82, 2.24) is 0 Å². The molecule has 1 nitrogen and oxygen atoms in total. The largest absolute Gasteiger partial charge is 0.330 e. The topological polar surface area (TPSA) is 26.0 Å². The van der Waals surface area contributed by atoms with Gasteiger partial charge in [-0.05, 0) is 60.1 Å². The Kier molecular flexibility index (Phi) is 3.98. The van der Waals surface area contributed by atoms with Crippen LogP contribution in [0.1, 0.15) is 35.1 Å². The van der Waals surface area contributed by atoms with Crippen molar-refractivity contribution >= 4 is 11.6 Å². The van der Waals surface area contributed by atoms with Crippen molar-refractivity contribution in [3.63, 3.8) is 0 Å². The summed E-state index contributed by atoms with van der Waals surface area (Å²) in [5, 5.41) is 0. The Labute approximate surface area is 121 Å². The van der Waals surface area contributed by atoms with Crippen LogP contribution >= 0.6 is 0 Å². The monoisotopic (exact) mass is 263 g/mol. The zero-order valence-electron chi connectivity index (χ0n) is 11.8. The first-order chi connectivity index (χ1) is 9.88. The minimum absolute atomic E-state index is 0.751. The van der Waals surface area contributed by atoms with Crippen molar-refractivity contribution in [1.29, 1.82) is 0 Å². The molecule has 1 aliphatic carbocycles. The molecule has 0 unspecified atom stereocenters. The Balaban J connectivity index is 2.10. The SMILES string of the molecule is NCCCC1=Cc2ccccc2CCc2ccccc21. The fourth-order valence-electron chi connectivity index (χ4n) is 2.99. The first-order valence-corrected chi connectivity index (χ1v) is 7.45. The van der Waals surface area contributed by atoms with Gasteiger partial charge in [-0.2, -0.15) is 0 Å². The molecular weight excluding hydrogens is 242 g/mol. The molecule has 0 radical (unpaired) electrons. The molecule has 20 heavy (non-hydrogen) atoms. The van der Waals surface area contributed by atoms with Crippen molar-refractivity contribution in [2.45, 2.75) is 25.7 Å². The van der Waals surface area contributed by atoms with Crippen molar-refractivity contribution in [3.05, 3.63) is 70.8 Å². The van der Waals surface area contributed by atoms with Gasteiger partial charge < -0.3 is 5.73 Å². The van der Waals surface area contributed by atoms with Gasteiger partial charge in [-0.15, -0.1) is 0 Å². The Morgan fingerprint density at radius 2 is 1.55 bits per heavy atom. The Bertz CT molecular complexity index is 625. The molecule has 2 aromatic carbocycles. The molecule has 0 aliphatic heterocycles. The van der Waals surface area contributed by atoms with Gasteiger partial charge in [-0.1, -0.05) is 54.6 Å². The van der Waals surface area contributed by atoms with E-state index < -0.39 is 0 Å². The summed E-state index contributed by atoms with van der Waals surface area (Å²) in [7, 11) is 0. The van der Waals surface area contributed by atoms with E-state index in [0.29, 0.717) is 0 Å². The predicted molar refractivity (Wildman–Crippen MR) is 86.5 cm³/mol. The van der Waals surface area contributed by atoms with Gasteiger partial charge in [0.2, 0.25) is 0 Å². The van der Waals surface area contributed by atoms with Crippen LogP contribution in [0.5, 0.6) is 0 Å². The molecule has 1 aliphatic rings. The molecule has 0 atom stereocenters. The van der Waals surface area contributed by atoms with Gasteiger partial charge in [0.05, 0.1) is 0 Å². The lowest BCUT2D eigenvalue weighted by Crippen LogP contribution is -2.04. The third-order valence-electron chi connectivity index (χ3n) is 4.06. The van der Waals surface area contributed by atoms with E-state index >= 15 is 0 Å². The molecule has 0 aromatic heterocycles. The lowest BCUT2D eigenvalue weighted by Gasteiger charge is -2.18. The number of hydrogen-bond acceptors (Lipinski definition) is 1.